The van der Waals surface area contributed by atoms with E-state index in [9.17, 15) is 9.59 Å². The minimum atomic E-state index is -0.563. The Bertz CT molecular complexity index is 928. The average molecular weight is 472 g/mol. The molecule has 3 aromatic carbocycles. The molecule has 0 bridgehead atoms. The van der Waals surface area contributed by atoms with Crippen molar-refractivity contribution in [3.63, 3.8) is 0 Å². The first kappa shape index (κ1) is 18.9. The van der Waals surface area contributed by atoms with Gasteiger partial charge in [-0.25, -0.2) is 4.79 Å². The van der Waals surface area contributed by atoms with Gasteiger partial charge in [-0.15, -0.1) is 0 Å². The van der Waals surface area contributed by atoms with Gasteiger partial charge >= 0.3 is 5.97 Å². The molecule has 27 heavy (non-hydrogen) atoms. The van der Waals surface area contributed by atoms with Gasteiger partial charge in [0.2, 0.25) is 0 Å². The number of amides is 1. The molecule has 3 rings (SSSR count). The molecule has 0 saturated heterocycles. The molecule has 1 amide bonds. The fraction of sp³-hybridized carbons (Fsp3) is 0.0476. The molecule has 0 atom stereocenters. The van der Waals surface area contributed by atoms with Crippen LogP contribution < -0.4 is 10.6 Å². The largest absolute Gasteiger partial charge is 0.452 e. The molecule has 0 aliphatic carbocycles. The van der Waals surface area contributed by atoms with Crippen molar-refractivity contribution in [1.82, 2.24) is 0 Å². The Labute approximate surface area is 170 Å². The molecular weight excluding hydrogens is 455 g/mol. The first-order valence-electron chi connectivity index (χ1n) is 8.25. The number of anilines is 3. The van der Waals surface area contributed by atoms with Gasteiger partial charge < -0.3 is 15.4 Å². The van der Waals surface area contributed by atoms with Crippen molar-refractivity contribution in [3.8, 4) is 0 Å². The molecule has 0 fully saturated rings. The van der Waals surface area contributed by atoms with E-state index < -0.39 is 11.9 Å². The van der Waals surface area contributed by atoms with E-state index in [1.165, 1.54) is 0 Å². The first-order valence-corrected chi connectivity index (χ1v) is 9.33. The van der Waals surface area contributed by atoms with Crippen molar-refractivity contribution in [2.24, 2.45) is 0 Å². The predicted molar refractivity (Wildman–Crippen MR) is 114 cm³/mol. The quantitative estimate of drug-likeness (QED) is 0.399. The highest BCUT2D eigenvalue weighted by atomic mass is 127. The van der Waals surface area contributed by atoms with E-state index in [-0.39, 0.29) is 6.61 Å². The second-order valence-corrected chi connectivity index (χ2v) is 6.91. The van der Waals surface area contributed by atoms with E-state index in [0.717, 1.165) is 9.26 Å². The summed E-state index contributed by atoms with van der Waals surface area (Å²) in [7, 11) is 0. The van der Waals surface area contributed by atoms with Crippen molar-refractivity contribution < 1.29 is 14.3 Å². The van der Waals surface area contributed by atoms with Crippen LogP contribution in [0.3, 0.4) is 0 Å². The van der Waals surface area contributed by atoms with Crippen LogP contribution in [-0.2, 0) is 9.53 Å². The van der Waals surface area contributed by atoms with Crippen LogP contribution in [0.1, 0.15) is 10.4 Å². The van der Waals surface area contributed by atoms with Gasteiger partial charge in [-0.05, 0) is 71.1 Å². The predicted octanol–water partition coefficient (Wildman–Crippen LogP) is 4.83. The molecule has 2 N–H and O–H groups in total. The third kappa shape index (κ3) is 5.55. The second kappa shape index (κ2) is 9.18. The third-order valence-electron chi connectivity index (χ3n) is 3.66. The van der Waals surface area contributed by atoms with Gasteiger partial charge in [0, 0.05) is 14.9 Å². The van der Waals surface area contributed by atoms with Gasteiger partial charge in [0.15, 0.2) is 6.61 Å². The zero-order valence-corrected chi connectivity index (χ0v) is 16.5. The van der Waals surface area contributed by atoms with Crippen LogP contribution in [0.5, 0.6) is 0 Å². The molecule has 0 aromatic heterocycles. The van der Waals surface area contributed by atoms with Gasteiger partial charge in [0.1, 0.15) is 0 Å². The number of esters is 1. The number of para-hydroxylation sites is 2. The summed E-state index contributed by atoms with van der Waals surface area (Å²) in [4.78, 5) is 24.4. The summed E-state index contributed by atoms with van der Waals surface area (Å²) in [6.45, 7) is -0.357. The van der Waals surface area contributed by atoms with Crippen LogP contribution >= 0.6 is 22.6 Å². The van der Waals surface area contributed by atoms with Crippen molar-refractivity contribution in [1.29, 1.82) is 0 Å². The van der Waals surface area contributed by atoms with Gasteiger partial charge in [-0.3, -0.25) is 4.79 Å². The smallest absolute Gasteiger partial charge is 0.340 e. The van der Waals surface area contributed by atoms with E-state index in [2.05, 4.69) is 33.2 Å². The van der Waals surface area contributed by atoms with Crippen molar-refractivity contribution in [3.05, 3.63) is 88.0 Å². The van der Waals surface area contributed by atoms with Crippen LogP contribution in [0.15, 0.2) is 78.9 Å². The van der Waals surface area contributed by atoms with Crippen molar-refractivity contribution >= 4 is 51.5 Å². The summed E-state index contributed by atoms with van der Waals surface area (Å²) >= 11 is 2.18. The summed E-state index contributed by atoms with van der Waals surface area (Å²) in [5.74, 6) is -0.954. The van der Waals surface area contributed by atoms with Gasteiger partial charge in [-0.1, -0.05) is 30.3 Å². The molecule has 6 heteroatoms. The fourth-order valence-corrected chi connectivity index (χ4v) is 2.75. The first-order chi connectivity index (χ1) is 13.1. The lowest BCUT2D eigenvalue weighted by atomic mass is 10.1. The molecule has 5 nitrogen and oxygen atoms in total. The normalized spacial score (nSPS) is 10.1. The molecule has 0 spiro atoms. The molecule has 0 aliphatic rings. The summed E-state index contributed by atoms with van der Waals surface area (Å²) < 4.78 is 6.24. The van der Waals surface area contributed by atoms with Gasteiger partial charge in [-0.2, -0.15) is 0 Å². The van der Waals surface area contributed by atoms with E-state index in [0.29, 0.717) is 16.9 Å². The fourth-order valence-electron chi connectivity index (χ4n) is 2.39. The number of rotatable bonds is 6. The lowest BCUT2D eigenvalue weighted by Crippen LogP contribution is -2.21. The van der Waals surface area contributed by atoms with Crippen LogP contribution in [0.25, 0.3) is 0 Å². The van der Waals surface area contributed by atoms with Crippen LogP contribution in [0.2, 0.25) is 0 Å². The summed E-state index contributed by atoms with van der Waals surface area (Å²) in [6, 6.07) is 23.9. The zero-order chi connectivity index (χ0) is 19.1. The molecular formula is C21H17IN2O3. The highest BCUT2D eigenvalue weighted by molar-refractivity contribution is 14.1. The summed E-state index contributed by atoms with van der Waals surface area (Å²) in [5.41, 5.74) is 2.49. The van der Waals surface area contributed by atoms with E-state index >= 15 is 0 Å². The van der Waals surface area contributed by atoms with Crippen LogP contribution in [0, 0.1) is 3.57 Å². The van der Waals surface area contributed by atoms with E-state index in [1.54, 1.807) is 30.3 Å². The van der Waals surface area contributed by atoms with Crippen LogP contribution in [-0.4, -0.2) is 18.5 Å². The Morgan fingerprint density at radius 1 is 0.815 bits per heavy atom. The molecule has 0 aliphatic heterocycles. The minimum Gasteiger partial charge on any atom is -0.452 e. The van der Waals surface area contributed by atoms with Gasteiger partial charge in [0.25, 0.3) is 5.91 Å². The number of carbonyl (C=O) groups excluding carboxylic acids is 2. The number of carbonyl (C=O) groups is 2. The molecule has 0 saturated carbocycles. The van der Waals surface area contributed by atoms with E-state index in [4.69, 9.17) is 4.74 Å². The third-order valence-corrected chi connectivity index (χ3v) is 4.38. The molecule has 136 valence electrons. The minimum absolute atomic E-state index is 0.357. The van der Waals surface area contributed by atoms with Crippen molar-refractivity contribution in [2.45, 2.75) is 0 Å². The highest BCUT2D eigenvalue weighted by Gasteiger charge is 2.14. The van der Waals surface area contributed by atoms with E-state index in [1.807, 2.05) is 48.5 Å². The number of benzene rings is 3. The number of ether oxygens (including phenoxy) is 1. The Kier molecular flexibility index (Phi) is 6.43. The number of hydrogen-bond donors (Lipinski definition) is 2. The molecule has 0 unspecified atom stereocenters. The lowest BCUT2D eigenvalue weighted by molar-refractivity contribution is -0.119. The van der Waals surface area contributed by atoms with Gasteiger partial charge in [0.05, 0.1) is 11.3 Å². The maximum absolute atomic E-state index is 12.4. The summed E-state index contributed by atoms with van der Waals surface area (Å²) in [5, 5.41) is 5.88. The number of nitrogens with one attached hydrogen (secondary N) is 2. The Hall–Kier alpha value is -2.87. The Morgan fingerprint density at radius 2 is 1.48 bits per heavy atom. The Morgan fingerprint density at radius 3 is 2.22 bits per heavy atom. The average Bonchev–Trinajstić information content (AvgIpc) is 2.69. The standard InChI is InChI=1S/C21H17IN2O3/c22-15-10-12-17(13-11-15)24-20(25)14-27-21(26)18-8-4-5-9-19(18)23-16-6-2-1-3-7-16/h1-13,23H,14H2,(H,24,25). The lowest BCUT2D eigenvalue weighted by Gasteiger charge is -2.12. The molecule has 3 aromatic rings. The maximum atomic E-state index is 12.4. The topological polar surface area (TPSA) is 67.4 Å². The monoisotopic (exact) mass is 472 g/mol. The number of hydrogen-bond acceptors (Lipinski definition) is 4. The Balaban J connectivity index is 1.61. The van der Waals surface area contributed by atoms with Crippen LogP contribution in [0.4, 0.5) is 17.1 Å². The SMILES string of the molecule is O=C(COC(=O)c1ccccc1Nc1ccccc1)Nc1ccc(I)cc1. The molecule has 0 radical (unpaired) electrons. The zero-order valence-electron chi connectivity index (χ0n) is 14.3. The second-order valence-electron chi connectivity index (χ2n) is 5.67. The molecule has 0 heterocycles. The van der Waals surface area contributed by atoms with Crippen molar-refractivity contribution in [2.75, 3.05) is 17.2 Å². The summed E-state index contributed by atoms with van der Waals surface area (Å²) in [6.07, 6.45) is 0. The maximum Gasteiger partial charge on any atom is 0.340 e. The highest BCUT2D eigenvalue weighted by Crippen LogP contribution is 2.21. The number of halogens is 1.